The zero-order chi connectivity index (χ0) is 21.1. The van der Waals surface area contributed by atoms with Crippen LogP contribution in [0, 0.1) is 0 Å². The van der Waals surface area contributed by atoms with Gasteiger partial charge in [0.15, 0.2) is 0 Å². The molecule has 8 nitrogen and oxygen atoms in total. The average Bonchev–Trinajstić information content (AvgIpc) is 3.41. The summed E-state index contributed by atoms with van der Waals surface area (Å²) in [5, 5.41) is 14.8. The van der Waals surface area contributed by atoms with E-state index in [1.807, 2.05) is 30.3 Å². The molecule has 4 aromatic rings. The molecule has 0 radical (unpaired) electrons. The molecule has 0 bridgehead atoms. The van der Waals surface area contributed by atoms with Gasteiger partial charge in [0, 0.05) is 5.56 Å². The van der Waals surface area contributed by atoms with Gasteiger partial charge in [0.25, 0.3) is 5.91 Å². The van der Waals surface area contributed by atoms with E-state index in [9.17, 15) is 4.79 Å². The fraction of sp³-hybridized carbons (Fsp3) is 0.100. The highest BCUT2D eigenvalue weighted by molar-refractivity contribution is 6.42. The Kier molecular flexibility index (Phi) is 5.69. The maximum Gasteiger partial charge on any atom is 0.276 e. The fourth-order valence-electron chi connectivity index (χ4n) is 2.77. The number of nitrogens with zero attached hydrogens (tertiary/aromatic N) is 4. The third-order valence-corrected chi connectivity index (χ3v) is 5.04. The van der Waals surface area contributed by atoms with Crippen LogP contribution in [0.1, 0.15) is 16.1 Å². The van der Waals surface area contributed by atoms with E-state index in [1.165, 1.54) is 6.33 Å². The third kappa shape index (κ3) is 4.45. The van der Waals surface area contributed by atoms with E-state index in [-0.39, 0.29) is 5.95 Å². The topological polar surface area (TPSA) is 97.7 Å². The lowest BCUT2D eigenvalue weighted by atomic mass is 10.1. The molecule has 0 aliphatic heterocycles. The van der Waals surface area contributed by atoms with Gasteiger partial charge < -0.3 is 4.74 Å². The van der Waals surface area contributed by atoms with E-state index in [2.05, 4.69) is 25.6 Å². The zero-order valence-corrected chi connectivity index (χ0v) is 17.3. The number of aromatic amines is 1. The van der Waals surface area contributed by atoms with Crippen molar-refractivity contribution in [1.29, 1.82) is 0 Å². The summed E-state index contributed by atoms with van der Waals surface area (Å²) in [5.74, 6) is 0.532. The van der Waals surface area contributed by atoms with Gasteiger partial charge in [0.1, 0.15) is 17.8 Å². The van der Waals surface area contributed by atoms with Gasteiger partial charge in [-0.1, -0.05) is 29.3 Å². The lowest BCUT2D eigenvalue weighted by molar-refractivity contribution is 0.102. The number of ether oxygens (including phenoxy) is 1. The molecule has 0 atom stereocenters. The first-order valence-electron chi connectivity index (χ1n) is 8.86. The van der Waals surface area contributed by atoms with E-state index >= 15 is 0 Å². The van der Waals surface area contributed by atoms with Crippen molar-refractivity contribution in [2.24, 2.45) is 0 Å². The van der Waals surface area contributed by atoms with Crippen LogP contribution in [0.25, 0.3) is 11.3 Å². The van der Waals surface area contributed by atoms with E-state index in [4.69, 9.17) is 27.9 Å². The van der Waals surface area contributed by atoms with Crippen LogP contribution in [0.3, 0.4) is 0 Å². The maximum absolute atomic E-state index is 12.5. The number of benzene rings is 2. The van der Waals surface area contributed by atoms with Crippen molar-refractivity contribution in [3.05, 3.63) is 76.2 Å². The lowest BCUT2D eigenvalue weighted by Gasteiger charge is -2.03. The lowest BCUT2D eigenvalue weighted by Crippen LogP contribution is -2.14. The minimum absolute atomic E-state index is 0.181. The first-order chi connectivity index (χ1) is 14.5. The van der Waals surface area contributed by atoms with Crippen molar-refractivity contribution < 1.29 is 9.53 Å². The largest absolute Gasteiger partial charge is 0.497 e. The van der Waals surface area contributed by atoms with Crippen molar-refractivity contribution >= 4 is 35.1 Å². The highest BCUT2D eigenvalue weighted by Crippen LogP contribution is 2.23. The van der Waals surface area contributed by atoms with E-state index in [0.29, 0.717) is 28.0 Å². The van der Waals surface area contributed by atoms with E-state index in [1.54, 1.807) is 30.0 Å². The number of aromatic nitrogens is 5. The van der Waals surface area contributed by atoms with Crippen molar-refractivity contribution in [2.75, 3.05) is 12.4 Å². The SMILES string of the molecule is COc1ccc(-c2cc(C(=O)Nc3ncn(Cc4ccc(Cl)c(Cl)c4)n3)[nH]n2)cc1. The smallest absolute Gasteiger partial charge is 0.276 e. The predicted octanol–water partition coefficient (Wildman–Crippen LogP) is 4.28. The number of carbonyl (C=O) groups excluding carboxylic acids is 1. The summed E-state index contributed by atoms with van der Waals surface area (Å²) in [6.45, 7) is 0.436. The van der Waals surface area contributed by atoms with Crippen LogP contribution in [0.2, 0.25) is 10.0 Å². The molecular weight excluding hydrogens is 427 g/mol. The fourth-order valence-corrected chi connectivity index (χ4v) is 3.09. The Balaban J connectivity index is 1.42. The number of H-pyrrole nitrogens is 1. The summed E-state index contributed by atoms with van der Waals surface area (Å²) in [6, 6.07) is 14.4. The maximum atomic E-state index is 12.5. The Bertz CT molecular complexity index is 1190. The molecule has 1 amide bonds. The monoisotopic (exact) mass is 442 g/mol. The summed E-state index contributed by atoms with van der Waals surface area (Å²) >= 11 is 12.0. The van der Waals surface area contributed by atoms with Gasteiger partial charge in [-0.3, -0.25) is 15.2 Å². The molecule has 0 aliphatic carbocycles. The second-order valence-corrected chi connectivity index (χ2v) is 7.18. The van der Waals surface area contributed by atoms with Crippen molar-refractivity contribution in [3.8, 4) is 17.0 Å². The van der Waals surface area contributed by atoms with Crippen LogP contribution in [0.5, 0.6) is 5.75 Å². The van der Waals surface area contributed by atoms with E-state index < -0.39 is 5.91 Å². The van der Waals surface area contributed by atoms with Crippen LogP contribution in [0.4, 0.5) is 5.95 Å². The highest BCUT2D eigenvalue weighted by Gasteiger charge is 2.14. The summed E-state index contributed by atoms with van der Waals surface area (Å²) < 4.78 is 6.73. The van der Waals surface area contributed by atoms with Gasteiger partial charge in [-0.2, -0.15) is 5.10 Å². The molecule has 0 spiro atoms. The summed E-state index contributed by atoms with van der Waals surface area (Å²) in [5.41, 5.74) is 2.70. The minimum atomic E-state index is -0.394. The molecule has 0 unspecified atom stereocenters. The Morgan fingerprint density at radius 2 is 1.93 bits per heavy atom. The average molecular weight is 443 g/mol. The summed E-state index contributed by atoms with van der Waals surface area (Å²) in [4.78, 5) is 16.6. The molecule has 0 saturated carbocycles. The zero-order valence-electron chi connectivity index (χ0n) is 15.8. The molecule has 2 aromatic carbocycles. The number of amides is 1. The number of nitrogens with one attached hydrogen (secondary N) is 2. The molecule has 152 valence electrons. The molecule has 2 N–H and O–H groups in total. The van der Waals surface area contributed by atoms with E-state index in [0.717, 1.165) is 16.9 Å². The van der Waals surface area contributed by atoms with Crippen molar-refractivity contribution in [2.45, 2.75) is 6.54 Å². The number of hydrogen-bond acceptors (Lipinski definition) is 5. The van der Waals surface area contributed by atoms with Crippen LogP contribution < -0.4 is 10.1 Å². The quantitative estimate of drug-likeness (QED) is 0.464. The molecule has 2 heterocycles. The Morgan fingerprint density at radius 3 is 2.67 bits per heavy atom. The molecule has 30 heavy (non-hydrogen) atoms. The number of carbonyl (C=O) groups is 1. The Labute approximate surface area is 181 Å². The minimum Gasteiger partial charge on any atom is -0.497 e. The summed E-state index contributed by atoms with van der Waals surface area (Å²) in [6.07, 6.45) is 1.52. The molecular formula is C20H16Cl2N6O2. The summed E-state index contributed by atoms with van der Waals surface area (Å²) in [7, 11) is 1.60. The van der Waals surface area contributed by atoms with Gasteiger partial charge in [0.2, 0.25) is 5.95 Å². The second kappa shape index (κ2) is 8.56. The van der Waals surface area contributed by atoms with Gasteiger partial charge in [-0.15, -0.1) is 5.10 Å². The first kappa shape index (κ1) is 19.9. The van der Waals surface area contributed by atoms with Crippen LogP contribution >= 0.6 is 23.2 Å². The molecule has 0 saturated heterocycles. The van der Waals surface area contributed by atoms with Gasteiger partial charge in [0.05, 0.1) is 29.4 Å². The van der Waals surface area contributed by atoms with Gasteiger partial charge in [-0.25, -0.2) is 9.67 Å². The van der Waals surface area contributed by atoms with Crippen molar-refractivity contribution in [1.82, 2.24) is 25.0 Å². The molecule has 0 fully saturated rings. The van der Waals surface area contributed by atoms with Crippen LogP contribution in [-0.2, 0) is 6.54 Å². The Hall–Kier alpha value is -3.36. The van der Waals surface area contributed by atoms with Crippen molar-refractivity contribution in [3.63, 3.8) is 0 Å². The number of halogens is 2. The Morgan fingerprint density at radius 1 is 1.13 bits per heavy atom. The predicted molar refractivity (Wildman–Crippen MR) is 114 cm³/mol. The molecule has 10 heteroatoms. The van der Waals surface area contributed by atoms with Gasteiger partial charge in [-0.05, 0) is 48.0 Å². The van der Waals surface area contributed by atoms with Crippen LogP contribution in [-0.4, -0.2) is 38.0 Å². The normalized spacial score (nSPS) is 10.8. The second-order valence-electron chi connectivity index (χ2n) is 6.36. The number of methoxy groups -OCH3 is 1. The molecule has 4 rings (SSSR count). The van der Waals surface area contributed by atoms with Crippen LogP contribution in [0.15, 0.2) is 54.9 Å². The number of hydrogen-bond donors (Lipinski definition) is 2. The molecule has 2 aromatic heterocycles. The first-order valence-corrected chi connectivity index (χ1v) is 9.62. The molecule has 0 aliphatic rings. The third-order valence-electron chi connectivity index (χ3n) is 4.30. The standard InChI is InChI=1S/C20H16Cl2N6O2/c1-30-14-5-3-13(4-6-14)17-9-18(26-25-17)19(29)24-20-23-11-28(27-20)10-12-2-7-15(21)16(22)8-12/h2-9,11H,10H2,1H3,(H,25,26)(H,24,27,29). The highest BCUT2D eigenvalue weighted by atomic mass is 35.5. The van der Waals surface area contributed by atoms with Gasteiger partial charge >= 0.3 is 0 Å². The number of rotatable bonds is 6. The number of anilines is 1.